The first-order valence-electron chi connectivity index (χ1n) is 9.88. The molecule has 1 aromatic carbocycles. The largest absolute Gasteiger partial charge is 0.328 e. The summed E-state index contributed by atoms with van der Waals surface area (Å²) in [7, 11) is 0. The minimum Gasteiger partial charge on any atom is -0.328 e. The van der Waals surface area contributed by atoms with Crippen molar-refractivity contribution in [1.82, 2.24) is 19.7 Å². The zero-order valence-corrected chi connectivity index (χ0v) is 16.8. The van der Waals surface area contributed by atoms with Crippen LogP contribution in [0.2, 0.25) is 0 Å². The van der Waals surface area contributed by atoms with E-state index in [-0.39, 0.29) is 17.2 Å². The van der Waals surface area contributed by atoms with Crippen LogP contribution in [0.1, 0.15) is 43.9 Å². The first-order valence-corrected chi connectivity index (χ1v) is 9.88. The van der Waals surface area contributed by atoms with E-state index < -0.39 is 0 Å². The number of hydrogen-bond donors (Lipinski definition) is 1. The Labute approximate surface area is 169 Å². The molecule has 146 valence electrons. The van der Waals surface area contributed by atoms with Crippen molar-refractivity contribution in [2.45, 2.75) is 39.7 Å². The van der Waals surface area contributed by atoms with E-state index in [2.05, 4.69) is 43.2 Å². The number of aryl methyl sites for hydroxylation is 1. The van der Waals surface area contributed by atoms with Crippen molar-refractivity contribution < 1.29 is 4.79 Å². The SMILES string of the molecule is Cc1cccc(-c2nc3n(n2)C(c2ccncc2)C2=C(CC(C)(C)CC2=O)N3)c1. The van der Waals surface area contributed by atoms with Gasteiger partial charge in [0.2, 0.25) is 5.95 Å². The van der Waals surface area contributed by atoms with Gasteiger partial charge in [-0.1, -0.05) is 37.6 Å². The quantitative estimate of drug-likeness (QED) is 0.712. The summed E-state index contributed by atoms with van der Waals surface area (Å²) in [4.78, 5) is 22.1. The number of aromatic nitrogens is 4. The van der Waals surface area contributed by atoms with Crippen LogP contribution in [0, 0.1) is 12.3 Å². The highest BCUT2D eigenvalue weighted by Crippen LogP contribution is 2.45. The Bertz CT molecular complexity index is 1140. The molecule has 1 atom stereocenters. The lowest BCUT2D eigenvalue weighted by atomic mass is 9.73. The minimum absolute atomic E-state index is 0.0761. The molecule has 0 amide bonds. The molecular weight excluding hydrogens is 362 g/mol. The summed E-state index contributed by atoms with van der Waals surface area (Å²) in [6.45, 7) is 6.32. The standard InChI is InChI=1S/C23H23N5O/c1-14-5-4-6-16(11-14)21-26-22-25-17-12-23(2,3)13-18(29)19(17)20(28(22)27-21)15-7-9-24-10-8-15/h4-11,20H,12-13H2,1-3H3,(H,25,26,27). The topological polar surface area (TPSA) is 72.7 Å². The molecule has 29 heavy (non-hydrogen) atoms. The molecule has 6 heteroatoms. The predicted molar refractivity (Wildman–Crippen MR) is 111 cm³/mol. The number of nitrogens with zero attached hydrogens (tertiary/aromatic N) is 4. The van der Waals surface area contributed by atoms with Gasteiger partial charge >= 0.3 is 0 Å². The summed E-state index contributed by atoms with van der Waals surface area (Å²) in [6.07, 6.45) is 4.85. The number of allylic oxidation sites excluding steroid dienone is 2. The summed E-state index contributed by atoms with van der Waals surface area (Å²) in [5, 5.41) is 8.24. The lowest BCUT2D eigenvalue weighted by molar-refractivity contribution is -0.118. The number of anilines is 1. The first kappa shape index (κ1) is 17.8. The van der Waals surface area contributed by atoms with Gasteiger partial charge < -0.3 is 5.32 Å². The number of nitrogens with one attached hydrogen (secondary N) is 1. The average Bonchev–Trinajstić information content (AvgIpc) is 3.10. The van der Waals surface area contributed by atoms with E-state index in [1.807, 2.05) is 28.9 Å². The van der Waals surface area contributed by atoms with E-state index >= 15 is 0 Å². The Hall–Kier alpha value is -3.28. The summed E-state index contributed by atoms with van der Waals surface area (Å²) >= 11 is 0. The zero-order chi connectivity index (χ0) is 20.2. The Morgan fingerprint density at radius 1 is 1.14 bits per heavy atom. The fourth-order valence-corrected chi connectivity index (χ4v) is 4.37. The molecule has 1 N–H and O–H groups in total. The van der Waals surface area contributed by atoms with Crippen molar-refractivity contribution in [2.75, 3.05) is 5.32 Å². The maximum Gasteiger partial charge on any atom is 0.226 e. The fourth-order valence-electron chi connectivity index (χ4n) is 4.37. The van der Waals surface area contributed by atoms with Crippen molar-refractivity contribution >= 4 is 11.7 Å². The van der Waals surface area contributed by atoms with Crippen LogP contribution in [0.4, 0.5) is 5.95 Å². The number of rotatable bonds is 2. The monoisotopic (exact) mass is 385 g/mol. The molecule has 2 aromatic heterocycles. The van der Waals surface area contributed by atoms with Crippen molar-refractivity contribution in [3.8, 4) is 11.4 Å². The van der Waals surface area contributed by atoms with E-state index in [0.29, 0.717) is 18.2 Å². The number of benzene rings is 1. The molecule has 0 saturated carbocycles. The third-order valence-corrected chi connectivity index (χ3v) is 5.63. The number of Topliss-reactive ketones (excluding diaryl/α,β-unsaturated/α-hetero) is 1. The molecule has 0 spiro atoms. The second-order valence-corrected chi connectivity index (χ2v) is 8.71. The van der Waals surface area contributed by atoms with E-state index in [9.17, 15) is 4.79 Å². The van der Waals surface area contributed by atoms with Gasteiger partial charge in [-0.3, -0.25) is 9.78 Å². The molecule has 0 saturated heterocycles. The van der Waals surface area contributed by atoms with Gasteiger partial charge in [0.1, 0.15) is 6.04 Å². The lowest BCUT2D eigenvalue weighted by Gasteiger charge is -2.38. The van der Waals surface area contributed by atoms with Crippen LogP contribution < -0.4 is 5.32 Å². The van der Waals surface area contributed by atoms with Gasteiger partial charge in [-0.15, -0.1) is 5.10 Å². The van der Waals surface area contributed by atoms with Crippen molar-refractivity contribution in [3.63, 3.8) is 0 Å². The van der Waals surface area contributed by atoms with Gasteiger partial charge in [-0.25, -0.2) is 4.68 Å². The summed E-state index contributed by atoms with van der Waals surface area (Å²) in [6, 6.07) is 11.8. The second-order valence-electron chi connectivity index (χ2n) is 8.71. The second kappa shape index (κ2) is 6.37. The Balaban J connectivity index is 1.68. The Morgan fingerprint density at radius 2 is 1.93 bits per heavy atom. The van der Waals surface area contributed by atoms with Crippen LogP contribution in [-0.4, -0.2) is 25.5 Å². The van der Waals surface area contributed by atoms with Gasteiger partial charge in [0, 0.05) is 35.6 Å². The molecule has 0 fully saturated rings. The third kappa shape index (κ3) is 3.05. The van der Waals surface area contributed by atoms with E-state index in [4.69, 9.17) is 10.1 Å². The molecule has 5 rings (SSSR count). The highest BCUT2D eigenvalue weighted by atomic mass is 16.1. The van der Waals surface area contributed by atoms with Gasteiger partial charge in [0.15, 0.2) is 11.6 Å². The highest BCUT2D eigenvalue weighted by molar-refractivity contribution is 6.00. The van der Waals surface area contributed by atoms with Gasteiger partial charge in [0.25, 0.3) is 0 Å². The predicted octanol–water partition coefficient (Wildman–Crippen LogP) is 4.31. The molecule has 1 aliphatic carbocycles. The van der Waals surface area contributed by atoms with Gasteiger partial charge in [-0.2, -0.15) is 4.98 Å². The maximum atomic E-state index is 13.2. The molecule has 3 aromatic rings. The smallest absolute Gasteiger partial charge is 0.226 e. The first-order chi connectivity index (χ1) is 13.9. The van der Waals surface area contributed by atoms with Crippen LogP contribution in [-0.2, 0) is 4.79 Å². The van der Waals surface area contributed by atoms with Crippen LogP contribution in [0.5, 0.6) is 0 Å². The van der Waals surface area contributed by atoms with E-state index in [1.54, 1.807) is 12.4 Å². The number of fused-ring (bicyclic) bond motifs is 1. The lowest BCUT2D eigenvalue weighted by Crippen LogP contribution is -2.36. The molecule has 1 aliphatic heterocycles. The number of pyridine rings is 1. The molecule has 0 bridgehead atoms. The van der Waals surface area contributed by atoms with Gasteiger partial charge in [-0.05, 0) is 42.5 Å². The van der Waals surface area contributed by atoms with Crippen LogP contribution in [0.3, 0.4) is 0 Å². The molecule has 1 unspecified atom stereocenters. The summed E-state index contributed by atoms with van der Waals surface area (Å²) in [5.41, 5.74) is 4.79. The summed E-state index contributed by atoms with van der Waals surface area (Å²) < 4.78 is 1.85. The number of hydrogen-bond acceptors (Lipinski definition) is 5. The fraction of sp³-hybridized carbons (Fsp3) is 0.304. The Morgan fingerprint density at radius 3 is 2.69 bits per heavy atom. The number of ketones is 1. The maximum absolute atomic E-state index is 13.2. The van der Waals surface area contributed by atoms with Crippen LogP contribution in [0.25, 0.3) is 11.4 Å². The van der Waals surface area contributed by atoms with Crippen LogP contribution in [0.15, 0.2) is 60.1 Å². The molecular formula is C23H23N5O. The van der Waals surface area contributed by atoms with Crippen molar-refractivity contribution in [3.05, 3.63) is 71.2 Å². The van der Waals surface area contributed by atoms with E-state index in [1.165, 1.54) is 0 Å². The molecule has 3 heterocycles. The molecule has 6 nitrogen and oxygen atoms in total. The molecule has 0 radical (unpaired) electrons. The zero-order valence-electron chi connectivity index (χ0n) is 16.8. The van der Waals surface area contributed by atoms with Crippen LogP contribution >= 0.6 is 0 Å². The summed E-state index contributed by atoms with van der Waals surface area (Å²) in [5.74, 6) is 1.50. The van der Waals surface area contributed by atoms with Gasteiger partial charge in [0.05, 0.1) is 0 Å². The number of carbonyl (C=O) groups is 1. The minimum atomic E-state index is -0.293. The number of carbonyl (C=O) groups excluding carboxylic acids is 1. The van der Waals surface area contributed by atoms with Crippen molar-refractivity contribution in [1.29, 1.82) is 0 Å². The average molecular weight is 385 g/mol. The Kier molecular flexibility index (Phi) is 3.91. The van der Waals surface area contributed by atoms with E-state index in [0.717, 1.165) is 34.4 Å². The highest BCUT2D eigenvalue weighted by Gasteiger charge is 2.41. The third-order valence-electron chi connectivity index (χ3n) is 5.63. The normalized spacial score (nSPS) is 20.1. The van der Waals surface area contributed by atoms with Crippen molar-refractivity contribution in [2.24, 2.45) is 5.41 Å². The molecule has 2 aliphatic rings.